The van der Waals surface area contributed by atoms with E-state index in [0.29, 0.717) is 12.2 Å². The van der Waals surface area contributed by atoms with Crippen molar-refractivity contribution in [2.45, 2.75) is 26.3 Å². The van der Waals surface area contributed by atoms with Crippen molar-refractivity contribution >= 4 is 22.9 Å². The molecule has 7 heteroatoms. The molecule has 0 spiro atoms. The zero-order valence-electron chi connectivity index (χ0n) is 14.9. The molecule has 1 amide bonds. The third-order valence-corrected chi connectivity index (χ3v) is 5.54. The molecule has 0 saturated heterocycles. The fraction of sp³-hybridized carbons (Fsp3) is 0.316. The molecule has 0 radical (unpaired) electrons. The zero-order chi connectivity index (χ0) is 18.1. The Bertz CT molecular complexity index is 945. The van der Waals surface area contributed by atoms with Crippen molar-refractivity contribution in [3.8, 4) is 10.6 Å². The van der Waals surface area contributed by atoms with Crippen LogP contribution in [0.4, 0.5) is 5.69 Å². The van der Waals surface area contributed by atoms with Crippen molar-refractivity contribution in [3.63, 3.8) is 0 Å². The highest BCUT2D eigenvalue weighted by atomic mass is 32.1. The van der Waals surface area contributed by atoms with Gasteiger partial charge in [0, 0.05) is 36.6 Å². The van der Waals surface area contributed by atoms with Gasteiger partial charge in [-0.3, -0.25) is 4.79 Å². The number of aryl methyl sites for hydroxylation is 1. The minimum absolute atomic E-state index is 0.166. The second-order valence-electron chi connectivity index (χ2n) is 6.44. The molecule has 6 nitrogen and oxygen atoms in total. The molecule has 3 heterocycles. The number of likely N-dealkylation sites (N-methyl/N-ethyl adjacent to an activating group) is 1. The van der Waals surface area contributed by atoms with E-state index >= 15 is 0 Å². The summed E-state index contributed by atoms with van der Waals surface area (Å²) in [6.45, 7) is 3.51. The minimum atomic E-state index is -0.166. The molecule has 0 unspecified atom stereocenters. The highest BCUT2D eigenvalue weighted by Gasteiger charge is 2.18. The number of imidazole rings is 1. The molecule has 2 aromatic heterocycles. The van der Waals surface area contributed by atoms with Crippen LogP contribution in [-0.2, 0) is 19.4 Å². The van der Waals surface area contributed by atoms with Crippen LogP contribution >= 0.6 is 11.3 Å². The third-order valence-electron chi connectivity index (χ3n) is 4.65. The number of nitrogens with zero attached hydrogens (tertiary/aromatic N) is 3. The van der Waals surface area contributed by atoms with Crippen LogP contribution in [0.2, 0.25) is 0 Å². The Kier molecular flexibility index (Phi) is 4.46. The summed E-state index contributed by atoms with van der Waals surface area (Å²) < 4.78 is 0. The van der Waals surface area contributed by atoms with Crippen LogP contribution in [0.1, 0.15) is 34.5 Å². The van der Waals surface area contributed by atoms with E-state index in [1.165, 1.54) is 22.6 Å². The van der Waals surface area contributed by atoms with E-state index in [1.54, 1.807) is 6.20 Å². The highest BCUT2D eigenvalue weighted by molar-refractivity contribution is 7.13. The number of thiazole rings is 1. The first kappa shape index (κ1) is 16.8. The monoisotopic (exact) mass is 367 g/mol. The summed E-state index contributed by atoms with van der Waals surface area (Å²) >= 11 is 1.50. The summed E-state index contributed by atoms with van der Waals surface area (Å²) in [4.78, 5) is 26.6. The molecule has 1 aromatic carbocycles. The van der Waals surface area contributed by atoms with E-state index in [1.807, 2.05) is 12.3 Å². The maximum atomic E-state index is 12.4. The highest BCUT2D eigenvalue weighted by Crippen LogP contribution is 2.32. The van der Waals surface area contributed by atoms with E-state index in [9.17, 15) is 4.79 Å². The van der Waals surface area contributed by atoms with Crippen molar-refractivity contribution in [2.24, 2.45) is 0 Å². The molecule has 2 N–H and O–H groups in total. The van der Waals surface area contributed by atoms with Crippen molar-refractivity contribution in [1.82, 2.24) is 20.3 Å². The maximum absolute atomic E-state index is 12.4. The van der Waals surface area contributed by atoms with Gasteiger partial charge in [-0.15, -0.1) is 11.3 Å². The number of aromatic amines is 1. The predicted octanol–water partition coefficient (Wildman–Crippen LogP) is 3.02. The fourth-order valence-corrected chi connectivity index (χ4v) is 3.95. The van der Waals surface area contributed by atoms with Crippen LogP contribution in [-0.4, -0.2) is 34.5 Å². The van der Waals surface area contributed by atoms with Crippen LogP contribution in [0.15, 0.2) is 29.8 Å². The summed E-state index contributed by atoms with van der Waals surface area (Å²) in [5.41, 5.74) is 5.06. The molecule has 0 saturated carbocycles. The van der Waals surface area contributed by atoms with Gasteiger partial charge in [0.1, 0.15) is 16.5 Å². The lowest BCUT2D eigenvalue weighted by Gasteiger charge is -2.11. The standard InChI is InChI=1S/C19H21N5OS/c1-3-17-20-9-14(22-17)10-21-18(25)15-11-26-19(23-15)13-4-5-16-12(8-13)6-7-24(16)2/h4-5,8-9,11H,3,6-7,10H2,1-2H3,(H,20,22)(H,21,25). The van der Waals surface area contributed by atoms with Gasteiger partial charge < -0.3 is 15.2 Å². The van der Waals surface area contributed by atoms with E-state index in [-0.39, 0.29) is 5.91 Å². The van der Waals surface area contributed by atoms with Gasteiger partial charge in [0.2, 0.25) is 0 Å². The lowest BCUT2D eigenvalue weighted by Crippen LogP contribution is -2.23. The molecule has 1 aliphatic rings. The zero-order valence-corrected chi connectivity index (χ0v) is 15.7. The molecule has 0 atom stereocenters. The number of H-pyrrole nitrogens is 1. The van der Waals surface area contributed by atoms with Gasteiger partial charge in [-0.1, -0.05) is 6.92 Å². The van der Waals surface area contributed by atoms with E-state index < -0.39 is 0 Å². The molecule has 4 rings (SSSR count). The Hall–Kier alpha value is -2.67. The van der Waals surface area contributed by atoms with E-state index in [2.05, 4.69) is 50.4 Å². The molecule has 0 aliphatic carbocycles. The smallest absolute Gasteiger partial charge is 0.271 e. The molecule has 1 aliphatic heterocycles. The first-order chi connectivity index (χ1) is 12.6. The SMILES string of the molecule is CCc1ncc(CNC(=O)c2csc(-c3ccc4c(c3)CCN4C)n2)[nH]1. The lowest BCUT2D eigenvalue weighted by atomic mass is 10.1. The van der Waals surface area contributed by atoms with Crippen molar-refractivity contribution < 1.29 is 4.79 Å². The summed E-state index contributed by atoms with van der Waals surface area (Å²) in [6.07, 6.45) is 3.66. The number of hydrogen-bond donors (Lipinski definition) is 2. The fourth-order valence-electron chi connectivity index (χ4n) is 3.15. The Labute approximate surface area is 156 Å². The second kappa shape index (κ2) is 6.92. The Balaban J connectivity index is 1.45. The number of benzene rings is 1. The number of amides is 1. The van der Waals surface area contributed by atoms with Crippen LogP contribution in [0.5, 0.6) is 0 Å². The quantitative estimate of drug-likeness (QED) is 0.727. The second-order valence-corrected chi connectivity index (χ2v) is 7.30. The van der Waals surface area contributed by atoms with Crippen molar-refractivity contribution in [2.75, 3.05) is 18.5 Å². The molecule has 26 heavy (non-hydrogen) atoms. The van der Waals surface area contributed by atoms with E-state index in [4.69, 9.17) is 0 Å². The van der Waals surface area contributed by atoms with Gasteiger partial charge in [0.25, 0.3) is 5.91 Å². The van der Waals surface area contributed by atoms with Crippen molar-refractivity contribution in [3.05, 3.63) is 52.6 Å². The molecular weight excluding hydrogens is 346 g/mol. The van der Waals surface area contributed by atoms with Crippen LogP contribution in [0.25, 0.3) is 10.6 Å². The number of carbonyl (C=O) groups excluding carboxylic acids is 1. The number of anilines is 1. The summed E-state index contributed by atoms with van der Waals surface area (Å²) in [6, 6.07) is 6.41. The molecule has 3 aromatic rings. The number of nitrogens with one attached hydrogen (secondary N) is 2. The van der Waals surface area contributed by atoms with Gasteiger partial charge in [-0.05, 0) is 30.2 Å². The summed E-state index contributed by atoms with van der Waals surface area (Å²) in [5, 5.41) is 5.58. The largest absolute Gasteiger partial charge is 0.374 e. The number of carbonyl (C=O) groups is 1. The molecule has 0 bridgehead atoms. The van der Waals surface area contributed by atoms with Gasteiger partial charge in [0.15, 0.2) is 0 Å². The normalized spacial score (nSPS) is 13.1. The first-order valence-corrected chi connectivity index (χ1v) is 9.63. The molecule has 0 fully saturated rings. The van der Waals surface area contributed by atoms with Gasteiger partial charge >= 0.3 is 0 Å². The Morgan fingerprint density at radius 2 is 2.31 bits per heavy atom. The number of hydrogen-bond acceptors (Lipinski definition) is 5. The minimum Gasteiger partial charge on any atom is -0.374 e. The summed E-state index contributed by atoms with van der Waals surface area (Å²) in [7, 11) is 2.11. The number of rotatable bonds is 5. The van der Waals surface area contributed by atoms with Gasteiger partial charge in [-0.2, -0.15) is 0 Å². The summed E-state index contributed by atoms with van der Waals surface area (Å²) in [5.74, 6) is 0.758. The number of aromatic nitrogens is 3. The van der Waals surface area contributed by atoms with Crippen molar-refractivity contribution in [1.29, 1.82) is 0 Å². The third kappa shape index (κ3) is 3.22. The van der Waals surface area contributed by atoms with Crippen LogP contribution < -0.4 is 10.2 Å². The van der Waals surface area contributed by atoms with Crippen LogP contribution in [0.3, 0.4) is 0 Å². The van der Waals surface area contributed by atoms with Gasteiger partial charge in [-0.25, -0.2) is 9.97 Å². The number of fused-ring (bicyclic) bond motifs is 1. The first-order valence-electron chi connectivity index (χ1n) is 8.75. The average Bonchev–Trinajstić information content (AvgIpc) is 3.39. The Morgan fingerprint density at radius 1 is 1.42 bits per heavy atom. The van der Waals surface area contributed by atoms with Crippen LogP contribution in [0, 0.1) is 0 Å². The topological polar surface area (TPSA) is 73.9 Å². The maximum Gasteiger partial charge on any atom is 0.271 e. The van der Waals surface area contributed by atoms with E-state index in [0.717, 1.165) is 41.5 Å². The lowest BCUT2D eigenvalue weighted by molar-refractivity contribution is 0.0946. The molecular formula is C19H21N5OS. The predicted molar refractivity (Wildman–Crippen MR) is 104 cm³/mol. The molecule has 134 valence electrons. The average molecular weight is 367 g/mol. The van der Waals surface area contributed by atoms with Gasteiger partial charge in [0.05, 0.1) is 18.4 Å². The Morgan fingerprint density at radius 3 is 3.12 bits per heavy atom.